The number of nitrogens with zero attached hydrogens (tertiary/aromatic N) is 1. The van der Waals surface area contributed by atoms with Crippen molar-refractivity contribution in [3.63, 3.8) is 0 Å². The van der Waals surface area contributed by atoms with Gasteiger partial charge in [0.1, 0.15) is 0 Å². The minimum absolute atomic E-state index is 0.207. The topological polar surface area (TPSA) is 49.7 Å². The maximum Gasteiger partial charge on any atom is 0.223 e. The average Bonchev–Trinajstić information content (AvgIpc) is 2.15. The molecule has 0 saturated heterocycles. The SMILES string of the molecule is O=C(C(Br)=NO)c1ccc(Cl)cc1Cl. The largest absolute Gasteiger partial charge is 0.410 e. The Hall–Kier alpha value is -0.580. The molecule has 0 amide bonds. The summed E-state index contributed by atoms with van der Waals surface area (Å²) in [5, 5.41) is 11.7. The first-order valence-electron chi connectivity index (χ1n) is 3.43. The Bertz CT molecular complexity index is 406. The molecule has 1 aromatic rings. The summed E-state index contributed by atoms with van der Waals surface area (Å²) in [5.74, 6) is -0.505. The van der Waals surface area contributed by atoms with Gasteiger partial charge in [-0.05, 0) is 34.1 Å². The zero-order chi connectivity index (χ0) is 10.7. The second-order valence-corrected chi connectivity index (χ2v) is 3.94. The van der Waals surface area contributed by atoms with E-state index in [0.717, 1.165) is 0 Å². The van der Waals surface area contributed by atoms with Crippen LogP contribution in [0.5, 0.6) is 0 Å². The molecule has 14 heavy (non-hydrogen) atoms. The molecule has 0 aliphatic heterocycles. The molecule has 3 nitrogen and oxygen atoms in total. The molecule has 0 aliphatic rings. The number of Topliss-reactive ketones (excluding diaryl/α,β-unsaturated/α-hetero) is 1. The second kappa shape index (κ2) is 4.77. The number of rotatable bonds is 2. The highest BCUT2D eigenvalue weighted by Gasteiger charge is 2.15. The molecular formula is C8H4BrCl2NO2. The summed E-state index contributed by atoms with van der Waals surface area (Å²) in [6, 6.07) is 4.42. The van der Waals surface area contributed by atoms with E-state index in [-0.39, 0.29) is 15.2 Å². The van der Waals surface area contributed by atoms with Gasteiger partial charge >= 0.3 is 0 Å². The normalized spacial score (nSPS) is 11.5. The number of hydrogen-bond donors (Lipinski definition) is 1. The maximum absolute atomic E-state index is 11.4. The predicted octanol–water partition coefficient (Wildman–Crippen LogP) is 3.36. The van der Waals surface area contributed by atoms with Crippen LogP contribution in [0.2, 0.25) is 10.0 Å². The highest BCUT2D eigenvalue weighted by Crippen LogP contribution is 2.22. The lowest BCUT2D eigenvalue weighted by atomic mass is 10.1. The van der Waals surface area contributed by atoms with Crippen molar-refractivity contribution >= 4 is 49.5 Å². The molecule has 0 atom stereocenters. The van der Waals surface area contributed by atoms with Crippen LogP contribution >= 0.6 is 39.1 Å². The molecule has 1 rings (SSSR count). The molecule has 0 bridgehead atoms. The molecule has 0 spiro atoms. The summed E-state index contributed by atoms with van der Waals surface area (Å²) in [4.78, 5) is 11.4. The van der Waals surface area contributed by atoms with Crippen molar-refractivity contribution in [1.29, 1.82) is 0 Å². The molecule has 0 heterocycles. The van der Waals surface area contributed by atoms with Crippen LogP contribution in [-0.2, 0) is 0 Å². The quantitative estimate of drug-likeness (QED) is 0.394. The molecule has 1 N–H and O–H groups in total. The van der Waals surface area contributed by atoms with E-state index < -0.39 is 5.78 Å². The molecule has 0 fully saturated rings. The Morgan fingerprint density at radius 1 is 1.43 bits per heavy atom. The first kappa shape index (κ1) is 11.5. The minimum Gasteiger partial charge on any atom is -0.410 e. The van der Waals surface area contributed by atoms with Crippen molar-refractivity contribution in [2.45, 2.75) is 0 Å². The van der Waals surface area contributed by atoms with Crippen molar-refractivity contribution in [1.82, 2.24) is 0 Å². The number of ketones is 1. The summed E-state index contributed by atoms with van der Waals surface area (Å²) in [6.45, 7) is 0. The second-order valence-electron chi connectivity index (χ2n) is 2.34. The lowest BCUT2D eigenvalue weighted by Crippen LogP contribution is -2.08. The molecule has 0 unspecified atom stereocenters. The van der Waals surface area contributed by atoms with Crippen molar-refractivity contribution in [2.75, 3.05) is 0 Å². The molecule has 0 saturated carbocycles. The van der Waals surface area contributed by atoms with E-state index in [2.05, 4.69) is 21.1 Å². The summed E-state index contributed by atoms with van der Waals surface area (Å²) < 4.78 is -0.207. The van der Waals surface area contributed by atoms with Gasteiger partial charge in [-0.3, -0.25) is 4.79 Å². The van der Waals surface area contributed by atoms with Crippen molar-refractivity contribution in [2.24, 2.45) is 5.16 Å². The van der Waals surface area contributed by atoms with Crippen LogP contribution < -0.4 is 0 Å². The van der Waals surface area contributed by atoms with Crippen molar-refractivity contribution < 1.29 is 10.0 Å². The number of oxime groups is 1. The fourth-order valence-electron chi connectivity index (χ4n) is 0.830. The lowest BCUT2D eigenvalue weighted by Gasteiger charge is -2.00. The molecule has 1 aromatic carbocycles. The smallest absolute Gasteiger partial charge is 0.223 e. The fourth-order valence-corrected chi connectivity index (χ4v) is 1.54. The Labute approximate surface area is 98.4 Å². The van der Waals surface area contributed by atoms with Crippen LogP contribution in [0.25, 0.3) is 0 Å². The van der Waals surface area contributed by atoms with Gasteiger partial charge in [-0.2, -0.15) is 0 Å². The number of halogens is 3. The van der Waals surface area contributed by atoms with Gasteiger partial charge in [0.25, 0.3) is 0 Å². The van der Waals surface area contributed by atoms with E-state index in [4.69, 9.17) is 28.4 Å². The van der Waals surface area contributed by atoms with E-state index >= 15 is 0 Å². The number of hydrogen-bond acceptors (Lipinski definition) is 3. The van der Waals surface area contributed by atoms with Gasteiger partial charge in [-0.1, -0.05) is 28.4 Å². The van der Waals surface area contributed by atoms with Gasteiger partial charge in [0.2, 0.25) is 5.78 Å². The zero-order valence-corrected chi connectivity index (χ0v) is 9.77. The monoisotopic (exact) mass is 295 g/mol. The van der Waals surface area contributed by atoms with Crippen LogP contribution in [0.15, 0.2) is 23.4 Å². The number of carbonyl (C=O) groups is 1. The summed E-state index contributed by atoms with van der Waals surface area (Å²) in [6.07, 6.45) is 0. The molecule has 0 radical (unpaired) electrons. The minimum atomic E-state index is -0.505. The van der Waals surface area contributed by atoms with E-state index in [1.807, 2.05) is 0 Å². The number of benzene rings is 1. The van der Waals surface area contributed by atoms with Crippen LogP contribution in [0.1, 0.15) is 10.4 Å². The lowest BCUT2D eigenvalue weighted by molar-refractivity contribution is 0.106. The molecule has 6 heteroatoms. The molecular weight excluding hydrogens is 293 g/mol. The van der Waals surface area contributed by atoms with Crippen LogP contribution in [-0.4, -0.2) is 15.6 Å². The third-order valence-corrected chi connectivity index (χ3v) is 2.52. The molecule has 74 valence electrons. The third-order valence-electron chi connectivity index (χ3n) is 1.45. The Balaban J connectivity index is 3.14. The Morgan fingerprint density at radius 3 is 2.57 bits per heavy atom. The van der Waals surface area contributed by atoms with Gasteiger partial charge < -0.3 is 5.21 Å². The predicted molar refractivity (Wildman–Crippen MR) is 58.9 cm³/mol. The van der Waals surface area contributed by atoms with Gasteiger partial charge in [0.05, 0.1) is 5.02 Å². The van der Waals surface area contributed by atoms with E-state index in [9.17, 15) is 4.79 Å². The van der Waals surface area contributed by atoms with E-state index in [1.165, 1.54) is 18.2 Å². The third kappa shape index (κ3) is 2.47. The summed E-state index contributed by atoms with van der Waals surface area (Å²) in [5.41, 5.74) is 0.223. The van der Waals surface area contributed by atoms with Gasteiger partial charge in [0.15, 0.2) is 4.62 Å². The molecule has 0 aliphatic carbocycles. The highest BCUT2D eigenvalue weighted by atomic mass is 79.9. The standard InChI is InChI=1S/C8H4BrCl2NO2/c9-8(12-14)7(13)5-2-1-4(10)3-6(5)11/h1-3,14H. The summed E-state index contributed by atoms with van der Waals surface area (Å²) in [7, 11) is 0. The van der Waals surface area contributed by atoms with E-state index in [1.54, 1.807) is 0 Å². The Morgan fingerprint density at radius 2 is 2.07 bits per heavy atom. The summed E-state index contributed by atoms with van der Waals surface area (Å²) >= 11 is 14.2. The van der Waals surface area contributed by atoms with Crippen molar-refractivity contribution in [3.8, 4) is 0 Å². The van der Waals surface area contributed by atoms with Crippen LogP contribution in [0, 0.1) is 0 Å². The van der Waals surface area contributed by atoms with Gasteiger partial charge in [-0.25, -0.2) is 0 Å². The van der Waals surface area contributed by atoms with Crippen LogP contribution in [0.3, 0.4) is 0 Å². The van der Waals surface area contributed by atoms with E-state index in [0.29, 0.717) is 5.02 Å². The first-order valence-corrected chi connectivity index (χ1v) is 4.98. The number of carbonyl (C=O) groups excluding carboxylic acids is 1. The Kier molecular flexibility index (Phi) is 3.92. The van der Waals surface area contributed by atoms with Gasteiger partial charge in [0, 0.05) is 10.6 Å². The first-order chi connectivity index (χ1) is 6.56. The molecule has 0 aromatic heterocycles. The fraction of sp³-hybridized carbons (Fsp3) is 0. The average molecular weight is 297 g/mol. The maximum atomic E-state index is 11.4. The van der Waals surface area contributed by atoms with Crippen molar-refractivity contribution in [3.05, 3.63) is 33.8 Å². The van der Waals surface area contributed by atoms with Crippen LogP contribution in [0.4, 0.5) is 0 Å². The highest BCUT2D eigenvalue weighted by molar-refractivity contribution is 9.19. The zero-order valence-electron chi connectivity index (χ0n) is 6.67. The van der Waals surface area contributed by atoms with Gasteiger partial charge in [-0.15, -0.1) is 0 Å².